The first-order valence-corrected chi connectivity index (χ1v) is 9.04. The van der Waals surface area contributed by atoms with Crippen LogP contribution in [-0.4, -0.2) is 25.2 Å². The Hall–Kier alpha value is -3.52. The van der Waals surface area contributed by atoms with Gasteiger partial charge in [0.15, 0.2) is 4.77 Å². The molecule has 0 aliphatic heterocycles. The summed E-state index contributed by atoms with van der Waals surface area (Å²) >= 11 is 5.13. The lowest BCUT2D eigenvalue weighted by atomic mass is 10.1. The van der Waals surface area contributed by atoms with Crippen molar-refractivity contribution in [2.75, 3.05) is 0 Å². The minimum Gasteiger partial charge on any atom is -0.348 e. The van der Waals surface area contributed by atoms with Crippen LogP contribution in [0.5, 0.6) is 0 Å². The molecular weight excluding hydrogens is 374 g/mol. The molecule has 0 unspecified atom stereocenters. The van der Waals surface area contributed by atoms with Gasteiger partial charge in [-0.2, -0.15) is 5.10 Å². The van der Waals surface area contributed by atoms with Crippen LogP contribution in [0.25, 0.3) is 16.6 Å². The van der Waals surface area contributed by atoms with E-state index < -0.39 is 0 Å². The van der Waals surface area contributed by atoms with E-state index in [1.807, 2.05) is 36.5 Å². The Morgan fingerprint density at radius 2 is 2.00 bits per heavy atom. The molecule has 7 nitrogen and oxygen atoms in total. The van der Waals surface area contributed by atoms with Crippen molar-refractivity contribution in [3.05, 3.63) is 87.2 Å². The number of hydrogen-bond acceptors (Lipinski definition) is 4. The van der Waals surface area contributed by atoms with Gasteiger partial charge in [-0.15, -0.1) is 0 Å². The molecule has 0 saturated carbocycles. The van der Waals surface area contributed by atoms with Crippen molar-refractivity contribution in [1.82, 2.24) is 24.6 Å². The zero-order valence-electron chi connectivity index (χ0n) is 15.0. The van der Waals surface area contributed by atoms with Crippen molar-refractivity contribution < 1.29 is 4.79 Å². The highest BCUT2D eigenvalue weighted by atomic mass is 32.1. The van der Waals surface area contributed by atoms with Crippen LogP contribution in [0.3, 0.4) is 0 Å². The van der Waals surface area contributed by atoms with Gasteiger partial charge in [0.2, 0.25) is 0 Å². The number of para-hydroxylation sites is 1. The standard InChI is InChI=1S/C20H17N5O2S/c1-24-19(27)16-8-7-14(9-17(16)23-20(24)28)18(26)21-10-13-11-22-25(12-13)15-5-3-2-4-6-15/h2-9,11-12H,10H2,1H3,(H,21,26)(H,23,28). The minimum atomic E-state index is -0.241. The van der Waals surface area contributed by atoms with Crippen LogP contribution in [0, 0.1) is 4.77 Å². The number of carbonyl (C=O) groups is 1. The van der Waals surface area contributed by atoms with Gasteiger partial charge in [-0.05, 0) is 42.5 Å². The van der Waals surface area contributed by atoms with E-state index in [2.05, 4.69) is 15.4 Å². The summed E-state index contributed by atoms with van der Waals surface area (Å²) in [5.74, 6) is -0.241. The van der Waals surface area contributed by atoms with Crippen molar-refractivity contribution >= 4 is 29.0 Å². The van der Waals surface area contributed by atoms with E-state index in [0.717, 1.165) is 11.3 Å². The molecule has 1 amide bonds. The highest BCUT2D eigenvalue weighted by molar-refractivity contribution is 7.71. The maximum absolute atomic E-state index is 12.5. The van der Waals surface area contributed by atoms with Gasteiger partial charge in [-0.3, -0.25) is 14.2 Å². The Bertz CT molecular complexity index is 1290. The first kappa shape index (κ1) is 17.9. The number of aromatic nitrogens is 4. The largest absolute Gasteiger partial charge is 0.348 e. The Kier molecular flexibility index (Phi) is 4.62. The van der Waals surface area contributed by atoms with Gasteiger partial charge in [0.1, 0.15) is 0 Å². The normalized spacial score (nSPS) is 10.9. The van der Waals surface area contributed by atoms with E-state index in [9.17, 15) is 9.59 Å². The Balaban J connectivity index is 1.51. The molecule has 2 aromatic carbocycles. The summed E-state index contributed by atoms with van der Waals surface area (Å²) in [6.45, 7) is 0.344. The molecule has 4 rings (SSSR count). The second-order valence-corrected chi connectivity index (χ2v) is 6.75. The molecule has 4 aromatic rings. The number of benzene rings is 2. The first-order valence-electron chi connectivity index (χ1n) is 8.63. The zero-order valence-corrected chi connectivity index (χ0v) is 15.9. The molecule has 0 spiro atoms. The van der Waals surface area contributed by atoms with Gasteiger partial charge in [-0.1, -0.05) is 18.2 Å². The predicted octanol–water partition coefficient (Wildman–Crippen LogP) is 2.71. The number of amides is 1. The fraction of sp³-hybridized carbons (Fsp3) is 0.100. The lowest BCUT2D eigenvalue weighted by molar-refractivity contribution is 0.0951. The summed E-state index contributed by atoms with van der Waals surface area (Å²) in [5.41, 5.74) is 2.62. The molecule has 0 atom stereocenters. The van der Waals surface area contributed by atoms with Gasteiger partial charge in [0, 0.05) is 30.9 Å². The summed E-state index contributed by atoms with van der Waals surface area (Å²) in [7, 11) is 1.61. The van der Waals surface area contributed by atoms with Crippen LogP contribution in [0.1, 0.15) is 15.9 Å². The summed E-state index contributed by atoms with van der Waals surface area (Å²) in [6.07, 6.45) is 3.59. The van der Waals surface area contributed by atoms with Gasteiger partial charge in [-0.25, -0.2) is 4.68 Å². The van der Waals surface area contributed by atoms with Crippen molar-refractivity contribution in [2.45, 2.75) is 6.54 Å². The third-order valence-corrected chi connectivity index (χ3v) is 4.85. The Labute approximate surface area is 165 Å². The summed E-state index contributed by atoms with van der Waals surface area (Å²) in [6, 6.07) is 14.6. The van der Waals surface area contributed by atoms with E-state index in [-0.39, 0.29) is 11.5 Å². The van der Waals surface area contributed by atoms with E-state index in [1.165, 1.54) is 4.57 Å². The average Bonchev–Trinajstić information content (AvgIpc) is 3.20. The molecule has 8 heteroatoms. The van der Waals surface area contributed by atoms with Crippen LogP contribution < -0.4 is 10.9 Å². The highest BCUT2D eigenvalue weighted by Gasteiger charge is 2.10. The van der Waals surface area contributed by atoms with E-state index >= 15 is 0 Å². The van der Waals surface area contributed by atoms with E-state index in [4.69, 9.17) is 12.2 Å². The molecule has 0 aliphatic carbocycles. The number of aromatic amines is 1. The number of H-pyrrole nitrogens is 1. The van der Waals surface area contributed by atoms with Crippen molar-refractivity contribution in [3.63, 3.8) is 0 Å². The van der Waals surface area contributed by atoms with Crippen LogP contribution >= 0.6 is 12.2 Å². The number of fused-ring (bicyclic) bond motifs is 1. The highest BCUT2D eigenvalue weighted by Crippen LogP contribution is 2.11. The quantitative estimate of drug-likeness (QED) is 0.524. The molecule has 0 radical (unpaired) electrons. The first-order chi connectivity index (χ1) is 13.5. The Morgan fingerprint density at radius 3 is 2.79 bits per heavy atom. The maximum atomic E-state index is 12.5. The summed E-state index contributed by atoms with van der Waals surface area (Å²) in [5, 5.41) is 7.67. The third-order valence-electron chi connectivity index (χ3n) is 4.47. The van der Waals surface area contributed by atoms with E-state index in [1.54, 1.807) is 36.1 Å². The molecule has 0 aliphatic rings. The van der Waals surface area contributed by atoms with Crippen LogP contribution in [0.15, 0.2) is 65.7 Å². The third kappa shape index (κ3) is 3.37. The number of hydrogen-bond donors (Lipinski definition) is 2. The molecule has 28 heavy (non-hydrogen) atoms. The smallest absolute Gasteiger partial charge is 0.261 e. The van der Waals surface area contributed by atoms with Crippen molar-refractivity contribution in [1.29, 1.82) is 0 Å². The Morgan fingerprint density at radius 1 is 1.21 bits per heavy atom. The summed E-state index contributed by atoms with van der Waals surface area (Å²) < 4.78 is 3.43. The number of carbonyl (C=O) groups excluding carboxylic acids is 1. The molecule has 0 saturated heterocycles. The molecule has 0 fully saturated rings. The number of rotatable bonds is 4. The fourth-order valence-electron chi connectivity index (χ4n) is 2.91. The number of nitrogens with one attached hydrogen (secondary N) is 2. The predicted molar refractivity (Wildman–Crippen MR) is 109 cm³/mol. The minimum absolute atomic E-state index is 0.195. The molecule has 140 valence electrons. The SMILES string of the molecule is Cn1c(=S)[nH]c2cc(C(=O)NCc3cnn(-c4ccccc4)c3)ccc2c1=O. The molecule has 2 aromatic heterocycles. The molecule has 0 bridgehead atoms. The van der Waals surface area contributed by atoms with E-state index in [0.29, 0.717) is 27.8 Å². The average molecular weight is 391 g/mol. The van der Waals surface area contributed by atoms with Gasteiger partial charge in [0.25, 0.3) is 11.5 Å². The fourth-order valence-corrected chi connectivity index (χ4v) is 3.10. The molecule has 2 heterocycles. The topological polar surface area (TPSA) is 84.7 Å². The zero-order chi connectivity index (χ0) is 19.7. The lowest BCUT2D eigenvalue weighted by Crippen LogP contribution is -2.23. The monoisotopic (exact) mass is 391 g/mol. The van der Waals surface area contributed by atoms with Crippen molar-refractivity contribution in [2.24, 2.45) is 7.05 Å². The van der Waals surface area contributed by atoms with Gasteiger partial charge in [0.05, 0.1) is 22.8 Å². The number of nitrogens with zero attached hydrogens (tertiary/aromatic N) is 3. The van der Waals surface area contributed by atoms with Gasteiger partial charge < -0.3 is 10.3 Å². The van der Waals surface area contributed by atoms with Crippen LogP contribution in [0.4, 0.5) is 0 Å². The second-order valence-electron chi connectivity index (χ2n) is 6.37. The van der Waals surface area contributed by atoms with Gasteiger partial charge >= 0.3 is 0 Å². The second kappa shape index (κ2) is 7.24. The summed E-state index contributed by atoms with van der Waals surface area (Å²) in [4.78, 5) is 27.7. The lowest BCUT2D eigenvalue weighted by Gasteiger charge is -2.06. The molecular formula is C20H17N5O2S. The maximum Gasteiger partial charge on any atom is 0.261 e. The van der Waals surface area contributed by atoms with Crippen LogP contribution in [-0.2, 0) is 13.6 Å². The van der Waals surface area contributed by atoms with Crippen molar-refractivity contribution in [3.8, 4) is 5.69 Å². The van der Waals surface area contributed by atoms with Crippen LogP contribution in [0.2, 0.25) is 0 Å². The molecule has 2 N–H and O–H groups in total.